The number of carboxylic acids is 1. The van der Waals surface area contributed by atoms with Crippen molar-refractivity contribution in [1.29, 1.82) is 0 Å². The lowest BCUT2D eigenvalue weighted by Crippen LogP contribution is -2.41. The first-order valence-electron chi connectivity index (χ1n) is 12.1. The summed E-state index contributed by atoms with van der Waals surface area (Å²) < 4.78 is 11.1. The Balaban J connectivity index is 1.49. The summed E-state index contributed by atoms with van der Waals surface area (Å²) >= 11 is 0. The Bertz CT molecular complexity index is 1250. The standard InChI is InChI=1S/C29H30N2O6/c1-29(2,3)37-27(34)30-16-17-31(20-14-12-19(13-15-20)26(32)33)28(35)36-18-25-23-10-6-4-8-21(23)22-9-5-7-11-24(22)25/h4-15,25H,16-18H2,1-3H3,(H,30,34)(H,32,33). The van der Waals surface area contributed by atoms with Gasteiger partial charge in [0.25, 0.3) is 0 Å². The maximum absolute atomic E-state index is 13.3. The van der Waals surface area contributed by atoms with Gasteiger partial charge in [-0.15, -0.1) is 0 Å². The highest BCUT2D eigenvalue weighted by Gasteiger charge is 2.30. The number of rotatable bonds is 7. The number of carbonyl (C=O) groups excluding carboxylic acids is 2. The fourth-order valence-electron chi connectivity index (χ4n) is 4.37. The van der Waals surface area contributed by atoms with Crippen LogP contribution in [0.5, 0.6) is 0 Å². The molecule has 0 aromatic heterocycles. The van der Waals surface area contributed by atoms with Crippen LogP contribution in [0.15, 0.2) is 72.8 Å². The Morgan fingerprint density at radius 1 is 0.892 bits per heavy atom. The van der Waals surface area contributed by atoms with Gasteiger partial charge in [0.2, 0.25) is 0 Å². The number of anilines is 1. The SMILES string of the molecule is CC(C)(C)OC(=O)NCCN(C(=O)OCC1c2ccccc2-c2ccccc21)c1ccc(C(=O)O)cc1. The van der Waals surface area contributed by atoms with Gasteiger partial charge in [-0.25, -0.2) is 14.4 Å². The second-order valence-corrected chi connectivity index (χ2v) is 9.74. The number of carbonyl (C=O) groups is 3. The van der Waals surface area contributed by atoms with Crippen molar-refractivity contribution in [2.45, 2.75) is 32.3 Å². The minimum Gasteiger partial charge on any atom is -0.478 e. The Labute approximate surface area is 215 Å². The van der Waals surface area contributed by atoms with Gasteiger partial charge in [-0.2, -0.15) is 0 Å². The predicted molar refractivity (Wildman–Crippen MR) is 140 cm³/mol. The molecule has 0 unspecified atom stereocenters. The predicted octanol–water partition coefficient (Wildman–Crippen LogP) is 5.67. The van der Waals surface area contributed by atoms with Crippen LogP contribution in [0, 0.1) is 0 Å². The number of carboxylic acid groups (broad SMARTS) is 1. The zero-order valence-corrected chi connectivity index (χ0v) is 21.1. The van der Waals surface area contributed by atoms with Crippen LogP contribution in [-0.2, 0) is 9.47 Å². The molecule has 0 radical (unpaired) electrons. The number of nitrogens with one attached hydrogen (secondary N) is 1. The van der Waals surface area contributed by atoms with Crippen molar-refractivity contribution in [1.82, 2.24) is 5.32 Å². The average Bonchev–Trinajstić information content (AvgIpc) is 3.18. The van der Waals surface area contributed by atoms with Crippen molar-refractivity contribution in [3.63, 3.8) is 0 Å². The van der Waals surface area contributed by atoms with Crippen LogP contribution in [-0.4, -0.2) is 48.6 Å². The topological polar surface area (TPSA) is 105 Å². The molecule has 4 rings (SSSR count). The monoisotopic (exact) mass is 502 g/mol. The number of benzene rings is 3. The normalized spacial score (nSPS) is 12.3. The number of hydrogen-bond donors (Lipinski definition) is 2. The molecule has 192 valence electrons. The number of ether oxygens (including phenoxy) is 2. The highest BCUT2D eigenvalue weighted by molar-refractivity contribution is 5.91. The maximum atomic E-state index is 13.3. The molecule has 8 nitrogen and oxygen atoms in total. The van der Waals surface area contributed by atoms with Crippen molar-refractivity contribution in [3.8, 4) is 11.1 Å². The second-order valence-electron chi connectivity index (χ2n) is 9.74. The number of fused-ring (bicyclic) bond motifs is 3. The lowest BCUT2D eigenvalue weighted by molar-refractivity contribution is 0.0527. The molecule has 0 saturated heterocycles. The molecule has 1 aliphatic rings. The van der Waals surface area contributed by atoms with Crippen LogP contribution in [0.1, 0.15) is 48.2 Å². The first-order chi connectivity index (χ1) is 17.6. The third-order valence-corrected chi connectivity index (χ3v) is 5.99. The van der Waals surface area contributed by atoms with Gasteiger partial charge in [0, 0.05) is 24.7 Å². The van der Waals surface area contributed by atoms with Crippen LogP contribution in [0.3, 0.4) is 0 Å². The summed E-state index contributed by atoms with van der Waals surface area (Å²) in [6, 6.07) is 22.1. The minimum atomic E-state index is -1.06. The number of aromatic carboxylic acids is 1. The van der Waals surface area contributed by atoms with Crippen molar-refractivity contribution in [3.05, 3.63) is 89.5 Å². The third kappa shape index (κ3) is 6.09. The third-order valence-electron chi connectivity index (χ3n) is 5.99. The van der Waals surface area contributed by atoms with E-state index >= 15 is 0 Å². The summed E-state index contributed by atoms with van der Waals surface area (Å²) in [7, 11) is 0. The molecule has 0 bridgehead atoms. The summed E-state index contributed by atoms with van der Waals surface area (Å²) in [5.41, 5.74) is 4.35. The molecular formula is C29H30N2O6. The number of nitrogens with zero attached hydrogens (tertiary/aromatic N) is 1. The fourth-order valence-corrected chi connectivity index (χ4v) is 4.37. The number of amides is 2. The summed E-state index contributed by atoms with van der Waals surface area (Å²) in [6.07, 6.45) is -1.20. The molecule has 8 heteroatoms. The van der Waals surface area contributed by atoms with Gasteiger partial charge >= 0.3 is 18.2 Å². The smallest absolute Gasteiger partial charge is 0.414 e. The quantitative estimate of drug-likeness (QED) is 0.432. The van der Waals surface area contributed by atoms with E-state index in [1.807, 2.05) is 36.4 Å². The lowest BCUT2D eigenvalue weighted by Gasteiger charge is -2.25. The lowest BCUT2D eigenvalue weighted by atomic mass is 9.98. The first kappa shape index (κ1) is 25.8. The molecule has 3 aromatic carbocycles. The van der Waals surface area contributed by atoms with E-state index in [1.165, 1.54) is 17.0 Å². The molecule has 0 heterocycles. The van der Waals surface area contributed by atoms with Crippen LogP contribution < -0.4 is 10.2 Å². The average molecular weight is 503 g/mol. The number of alkyl carbamates (subject to hydrolysis) is 1. The molecule has 0 atom stereocenters. The molecule has 1 aliphatic carbocycles. The van der Waals surface area contributed by atoms with E-state index in [-0.39, 0.29) is 31.2 Å². The molecule has 37 heavy (non-hydrogen) atoms. The summed E-state index contributed by atoms with van der Waals surface area (Å²) in [5, 5.41) is 11.9. The highest BCUT2D eigenvalue weighted by Crippen LogP contribution is 2.44. The molecular weight excluding hydrogens is 472 g/mol. The fraction of sp³-hybridized carbons (Fsp3) is 0.276. The minimum absolute atomic E-state index is 0.0995. The van der Waals surface area contributed by atoms with Gasteiger partial charge in [0.1, 0.15) is 12.2 Å². The Morgan fingerprint density at radius 2 is 1.46 bits per heavy atom. The largest absolute Gasteiger partial charge is 0.478 e. The van der Waals surface area contributed by atoms with Crippen LogP contribution >= 0.6 is 0 Å². The van der Waals surface area contributed by atoms with Crippen LogP contribution in [0.25, 0.3) is 11.1 Å². The molecule has 2 amide bonds. The van der Waals surface area contributed by atoms with Crippen molar-refractivity contribution < 1.29 is 29.0 Å². The highest BCUT2D eigenvalue weighted by atomic mass is 16.6. The van der Waals surface area contributed by atoms with Gasteiger partial charge in [0.15, 0.2) is 0 Å². The second kappa shape index (κ2) is 10.7. The summed E-state index contributed by atoms with van der Waals surface area (Å²) in [6.45, 7) is 5.64. The van der Waals surface area contributed by atoms with Gasteiger partial charge in [-0.05, 0) is 67.3 Å². The van der Waals surface area contributed by atoms with E-state index in [2.05, 4.69) is 17.4 Å². The Morgan fingerprint density at radius 3 is 2.00 bits per heavy atom. The molecule has 3 aromatic rings. The number of hydrogen-bond acceptors (Lipinski definition) is 5. The van der Waals surface area contributed by atoms with Crippen molar-refractivity contribution in [2.75, 3.05) is 24.6 Å². The molecule has 2 N–H and O–H groups in total. The van der Waals surface area contributed by atoms with E-state index in [0.717, 1.165) is 22.3 Å². The molecule has 0 aliphatic heterocycles. The molecule has 0 saturated carbocycles. The maximum Gasteiger partial charge on any atom is 0.414 e. The zero-order valence-electron chi connectivity index (χ0n) is 21.1. The first-order valence-corrected chi connectivity index (χ1v) is 12.1. The van der Waals surface area contributed by atoms with E-state index in [0.29, 0.717) is 5.69 Å². The van der Waals surface area contributed by atoms with E-state index in [9.17, 15) is 19.5 Å². The van der Waals surface area contributed by atoms with E-state index in [4.69, 9.17) is 9.47 Å². The van der Waals surface area contributed by atoms with Crippen molar-refractivity contribution >= 4 is 23.8 Å². The summed E-state index contributed by atoms with van der Waals surface area (Å²) in [5.74, 6) is -1.17. The van der Waals surface area contributed by atoms with Gasteiger partial charge in [0.05, 0.1) is 5.56 Å². The molecule has 0 spiro atoms. The van der Waals surface area contributed by atoms with Gasteiger partial charge < -0.3 is 19.9 Å². The van der Waals surface area contributed by atoms with E-state index < -0.39 is 23.8 Å². The summed E-state index contributed by atoms with van der Waals surface area (Å²) in [4.78, 5) is 38.0. The van der Waals surface area contributed by atoms with E-state index in [1.54, 1.807) is 32.9 Å². The van der Waals surface area contributed by atoms with Crippen molar-refractivity contribution in [2.24, 2.45) is 0 Å². The zero-order chi connectivity index (χ0) is 26.6. The Kier molecular flexibility index (Phi) is 7.47. The Hall–Kier alpha value is -4.33. The van der Waals surface area contributed by atoms with Gasteiger partial charge in [-0.1, -0.05) is 48.5 Å². The van der Waals surface area contributed by atoms with Crippen LogP contribution in [0.4, 0.5) is 15.3 Å². The van der Waals surface area contributed by atoms with Gasteiger partial charge in [-0.3, -0.25) is 4.90 Å². The van der Waals surface area contributed by atoms with Crippen LogP contribution in [0.2, 0.25) is 0 Å². The molecule has 0 fully saturated rings.